The maximum absolute atomic E-state index is 6.22. The number of hydrogen-bond acceptors (Lipinski definition) is 0. The third-order valence-electron chi connectivity index (χ3n) is 4.14. The number of unbranched alkanes of at least 4 members (excludes halogenated alkanes) is 1. The molecular formula is C18H18Cl4. The van der Waals surface area contributed by atoms with Crippen LogP contribution in [-0.4, -0.2) is 0 Å². The molecule has 0 N–H and O–H groups in total. The van der Waals surface area contributed by atoms with Gasteiger partial charge in [0.15, 0.2) is 0 Å². The molecule has 0 saturated carbocycles. The van der Waals surface area contributed by atoms with Gasteiger partial charge in [-0.3, -0.25) is 0 Å². The lowest BCUT2D eigenvalue weighted by Crippen LogP contribution is -2.23. The van der Waals surface area contributed by atoms with Crippen molar-refractivity contribution in [3.05, 3.63) is 67.6 Å². The van der Waals surface area contributed by atoms with Crippen molar-refractivity contribution in [1.29, 1.82) is 0 Å². The lowest BCUT2D eigenvalue weighted by molar-refractivity contribution is 0.493. The molecule has 0 heterocycles. The van der Waals surface area contributed by atoms with Gasteiger partial charge in [0, 0.05) is 5.41 Å². The normalized spacial score (nSPS) is 11.7. The van der Waals surface area contributed by atoms with Gasteiger partial charge in [-0.2, -0.15) is 0 Å². The van der Waals surface area contributed by atoms with E-state index in [0.29, 0.717) is 20.1 Å². The van der Waals surface area contributed by atoms with E-state index in [2.05, 4.69) is 13.8 Å². The van der Waals surface area contributed by atoms with Gasteiger partial charge in [0.2, 0.25) is 0 Å². The van der Waals surface area contributed by atoms with Crippen molar-refractivity contribution < 1.29 is 0 Å². The Bertz CT molecular complexity index is 613. The Hall–Kier alpha value is -0.400. The molecule has 2 aromatic rings. The Morgan fingerprint density at radius 1 is 0.773 bits per heavy atom. The molecular weight excluding hydrogens is 358 g/mol. The summed E-state index contributed by atoms with van der Waals surface area (Å²) in [6.07, 6.45) is 3.23. The molecule has 2 rings (SSSR count). The van der Waals surface area contributed by atoms with E-state index in [0.717, 1.165) is 30.4 Å². The Balaban J connectivity index is 2.55. The molecule has 0 radical (unpaired) electrons. The molecule has 0 amide bonds. The third-order valence-corrected chi connectivity index (χ3v) is 5.62. The van der Waals surface area contributed by atoms with Gasteiger partial charge >= 0.3 is 0 Å². The maximum atomic E-state index is 6.22. The van der Waals surface area contributed by atoms with Crippen LogP contribution in [0.3, 0.4) is 0 Å². The van der Waals surface area contributed by atoms with Crippen LogP contribution in [0, 0.1) is 0 Å². The highest BCUT2D eigenvalue weighted by Gasteiger charge is 2.29. The molecule has 0 fully saturated rings. The summed E-state index contributed by atoms with van der Waals surface area (Å²) in [5, 5.41) is 2.28. The van der Waals surface area contributed by atoms with Crippen LogP contribution < -0.4 is 0 Å². The maximum Gasteiger partial charge on any atom is 0.0595 e. The topological polar surface area (TPSA) is 0 Å². The average Bonchev–Trinajstić information content (AvgIpc) is 2.50. The largest absolute Gasteiger partial charge is 0.0827 e. The van der Waals surface area contributed by atoms with Gasteiger partial charge < -0.3 is 0 Å². The van der Waals surface area contributed by atoms with E-state index < -0.39 is 0 Å². The molecule has 0 aliphatic rings. The van der Waals surface area contributed by atoms with Crippen LogP contribution in [0.1, 0.15) is 44.2 Å². The average molecular weight is 376 g/mol. The van der Waals surface area contributed by atoms with E-state index in [1.54, 1.807) is 0 Å². The van der Waals surface area contributed by atoms with Gasteiger partial charge in [-0.15, -0.1) is 0 Å². The van der Waals surface area contributed by atoms with Crippen LogP contribution in [0.25, 0.3) is 0 Å². The summed E-state index contributed by atoms with van der Waals surface area (Å²) in [6.45, 7) is 4.39. The Labute approximate surface area is 152 Å². The van der Waals surface area contributed by atoms with Crippen LogP contribution in [-0.2, 0) is 5.41 Å². The quantitative estimate of drug-likeness (QED) is 0.500. The van der Waals surface area contributed by atoms with Crippen molar-refractivity contribution in [1.82, 2.24) is 0 Å². The van der Waals surface area contributed by atoms with Gasteiger partial charge in [0.25, 0.3) is 0 Å². The molecule has 4 heteroatoms. The van der Waals surface area contributed by atoms with Crippen LogP contribution in [0.5, 0.6) is 0 Å². The molecule has 0 bridgehead atoms. The standard InChI is InChI=1S/C18H18Cl4/c1-3-4-9-18(2,12-5-7-14(19)16(21)10-12)13-6-8-15(20)17(22)11-13/h5-8,10-11H,3-4,9H2,1-2H3. The summed E-state index contributed by atoms with van der Waals surface area (Å²) < 4.78 is 0. The highest BCUT2D eigenvalue weighted by atomic mass is 35.5. The van der Waals surface area contributed by atoms with Gasteiger partial charge in [-0.05, 0) is 41.8 Å². The molecule has 2 aromatic carbocycles. The van der Waals surface area contributed by atoms with E-state index in [-0.39, 0.29) is 5.41 Å². The predicted molar refractivity (Wildman–Crippen MR) is 98.9 cm³/mol. The van der Waals surface area contributed by atoms with Crippen molar-refractivity contribution in [2.75, 3.05) is 0 Å². The summed E-state index contributed by atoms with van der Waals surface area (Å²) in [5.74, 6) is 0. The first-order chi connectivity index (χ1) is 10.4. The summed E-state index contributed by atoms with van der Waals surface area (Å²) in [4.78, 5) is 0. The van der Waals surface area contributed by atoms with Crippen molar-refractivity contribution in [3.8, 4) is 0 Å². The van der Waals surface area contributed by atoms with Crippen molar-refractivity contribution in [3.63, 3.8) is 0 Å². The van der Waals surface area contributed by atoms with E-state index in [1.807, 2.05) is 36.4 Å². The first-order valence-electron chi connectivity index (χ1n) is 7.29. The zero-order valence-corrected chi connectivity index (χ0v) is 15.6. The molecule has 22 heavy (non-hydrogen) atoms. The molecule has 0 aromatic heterocycles. The van der Waals surface area contributed by atoms with E-state index >= 15 is 0 Å². The van der Waals surface area contributed by atoms with E-state index in [4.69, 9.17) is 46.4 Å². The lowest BCUT2D eigenvalue weighted by atomic mass is 9.73. The van der Waals surface area contributed by atoms with Gasteiger partial charge in [0.05, 0.1) is 20.1 Å². The molecule has 0 unspecified atom stereocenters. The molecule has 0 aliphatic heterocycles. The zero-order valence-electron chi connectivity index (χ0n) is 12.6. The van der Waals surface area contributed by atoms with Crippen molar-refractivity contribution >= 4 is 46.4 Å². The van der Waals surface area contributed by atoms with Gasteiger partial charge in [0.1, 0.15) is 0 Å². The van der Waals surface area contributed by atoms with Gasteiger partial charge in [-0.25, -0.2) is 0 Å². The molecule has 0 spiro atoms. The summed E-state index contributed by atoms with van der Waals surface area (Å²) in [5.41, 5.74) is 2.08. The van der Waals surface area contributed by atoms with Crippen LogP contribution in [0.4, 0.5) is 0 Å². The second-order valence-corrected chi connectivity index (χ2v) is 7.32. The number of hydrogen-bond donors (Lipinski definition) is 0. The summed E-state index contributed by atoms with van der Waals surface area (Å²) in [7, 11) is 0. The minimum atomic E-state index is -0.182. The molecule has 0 saturated heterocycles. The van der Waals surface area contributed by atoms with Crippen LogP contribution in [0.2, 0.25) is 20.1 Å². The monoisotopic (exact) mass is 374 g/mol. The first kappa shape index (κ1) is 17.9. The second-order valence-electron chi connectivity index (χ2n) is 5.69. The molecule has 118 valence electrons. The number of rotatable bonds is 5. The second kappa shape index (κ2) is 7.45. The zero-order chi connectivity index (χ0) is 16.3. The number of benzene rings is 2. The predicted octanol–water partition coefficient (Wildman–Crippen LogP) is 7.80. The Morgan fingerprint density at radius 2 is 1.23 bits per heavy atom. The van der Waals surface area contributed by atoms with Gasteiger partial charge in [-0.1, -0.05) is 85.2 Å². The van der Waals surface area contributed by atoms with Crippen LogP contribution >= 0.6 is 46.4 Å². The lowest BCUT2D eigenvalue weighted by Gasteiger charge is -2.32. The summed E-state index contributed by atoms with van der Waals surface area (Å²) in [6, 6.07) is 11.7. The Morgan fingerprint density at radius 3 is 1.59 bits per heavy atom. The van der Waals surface area contributed by atoms with Crippen LogP contribution in [0.15, 0.2) is 36.4 Å². The first-order valence-corrected chi connectivity index (χ1v) is 8.80. The third kappa shape index (κ3) is 3.74. The molecule has 0 aliphatic carbocycles. The van der Waals surface area contributed by atoms with Crippen molar-refractivity contribution in [2.24, 2.45) is 0 Å². The minimum Gasteiger partial charge on any atom is -0.0827 e. The minimum absolute atomic E-state index is 0.182. The molecule has 0 atom stereocenters. The fourth-order valence-electron chi connectivity index (χ4n) is 2.66. The smallest absolute Gasteiger partial charge is 0.0595 e. The SMILES string of the molecule is CCCCC(C)(c1ccc(Cl)c(Cl)c1)c1ccc(Cl)c(Cl)c1. The van der Waals surface area contributed by atoms with E-state index in [1.165, 1.54) is 0 Å². The fraction of sp³-hybridized carbons (Fsp3) is 0.333. The fourth-order valence-corrected chi connectivity index (χ4v) is 3.26. The highest BCUT2D eigenvalue weighted by Crippen LogP contribution is 2.40. The number of halogens is 4. The van der Waals surface area contributed by atoms with E-state index in [9.17, 15) is 0 Å². The molecule has 0 nitrogen and oxygen atoms in total. The summed E-state index contributed by atoms with van der Waals surface area (Å²) >= 11 is 24.6. The Kier molecular flexibility index (Phi) is 6.07. The van der Waals surface area contributed by atoms with Crippen molar-refractivity contribution in [2.45, 2.75) is 38.5 Å². The highest BCUT2D eigenvalue weighted by molar-refractivity contribution is 6.42.